The number of aryl methyl sites for hydroxylation is 1. The van der Waals surface area contributed by atoms with Crippen molar-refractivity contribution in [2.75, 3.05) is 5.32 Å². The van der Waals surface area contributed by atoms with Crippen molar-refractivity contribution in [1.82, 2.24) is 24.7 Å². The van der Waals surface area contributed by atoms with E-state index in [1.54, 1.807) is 25.2 Å². The van der Waals surface area contributed by atoms with Crippen molar-refractivity contribution >= 4 is 22.8 Å². The highest BCUT2D eigenvalue weighted by atomic mass is 19.4. The molecule has 3 heterocycles. The normalized spacial score (nSPS) is 11.7. The Labute approximate surface area is 156 Å². The number of halogens is 3. The number of fused-ring (bicyclic) bond motifs is 1. The van der Waals surface area contributed by atoms with E-state index < -0.39 is 17.6 Å². The summed E-state index contributed by atoms with van der Waals surface area (Å²) in [7, 11) is 1.58. The van der Waals surface area contributed by atoms with Crippen LogP contribution in [0.5, 0.6) is 0 Å². The molecule has 0 aliphatic carbocycles. The molecular weight excluding hydrogens is 373 g/mol. The van der Waals surface area contributed by atoms with E-state index >= 15 is 0 Å². The highest BCUT2D eigenvalue weighted by Gasteiger charge is 2.33. The standard InChI is InChI=1S/C18H13F3N6O/c1-27-16(22-9-23-27)17(28)26-14-7-6-10-8-13(24-15(10)25-14)11-4-2-3-5-12(11)18(19,20)21/h2-9H,1H3,(H2,24,25,26,28). The lowest BCUT2D eigenvalue weighted by Gasteiger charge is -2.11. The fraction of sp³-hybridized carbons (Fsp3) is 0.111. The molecule has 10 heteroatoms. The van der Waals surface area contributed by atoms with Crippen molar-refractivity contribution < 1.29 is 18.0 Å². The van der Waals surface area contributed by atoms with Crippen LogP contribution in [0.2, 0.25) is 0 Å². The third-order valence-corrected chi connectivity index (χ3v) is 4.16. The van der Waals surface area contributed by atoms with Crippen LogP contribution in [0.4, 0.5) is 19.0 Å². The number of aromatic amines is 1. The number of pyridine rings is 1. The molecule has 142 valence electrons. The predicted molar refractivity (Wildman–Crippen MR) is 95.5 cm³/mol. The second kappa shape index (κ2) is 6.48. The Morgan fingerprint density at radius 1 is 1.18 bits per heavy atom. The molecule has 0 aliphatic rings. The van der Waals surface area contributed by atoms with Gasteiger partial charge < -0.3 is 10.3 Å². The summed E-state index contributed by atoms with van der Waals surface area (Å²) in [4.78, 5) is 23.2. The van der Waals surface area contributed by atoms with Crippen LogP contribution >= 0.6 is 0 Å². The highest BCUT2D eigenvalue weighted by molar-refractivity contribution is 6.01. The predicted octanol–water partition coefficient (Wildman–Crippen LogP) is 3.63. The van der Waals surface area contributed by atoms with Gasteiger partial charge in [-0.3, -0.25) is 4.79 Å². The maximum absolute atomic E-state index is 13.3. The van der Waals surface area contributed by atoms with Crippen LogP contribution in [0.1, 0.15) is 16.2 Å². The van der Waals surface area contributed by atoms with Gasteiger partial charge in [0.05, 0.1) is 5.56 Å². The number of nitrogens with one attached hydrogen (secondary N) is 2. The van der Waals surface area contributed by atoms with E-state index in [4.69, 9.17) is 0 Å². The number of hydrogen-bond donors (Lipinski definition) is 2. The topological polar surface area (TPSA) is 88.5 Å². The number of anilines is 1. The summed E-state index contributed by atoms with van der Waals surface area (Å²) in [6, 6.07) is 10.1. The Hall–Kier alpha value is -3.69. The summed E-state index contributed by atoms with van der Waals surface area (Å²) in [5.74, 6) is -0.160. The van der Waals surface area contributed by atoms with Crippen LogP contribution in [0.15, 0.2) is 48.8 Å². The summed E-state index contributed by atoms with van der Waals surface area (Å²) in [5.41, 5.74) is -0.0787. The molecule has 4 aromatic rings. The molecule has 0 spiro atoms. The van der Waals surface area contributed by atoms with E-state index in [9.17, 15) is 18.0 Å². The summed E-state index contributed by atoms with van der Waals surface area (Å²) in [5, 5.41) is 7.02. The summed E-state index contributed by atoms with van der Waals surface area (Å²) in [6.07, 6.45) is -3.22. The van der Waals surface area contributed by atoms with Crippen LogP contribution in [-0.2, 0) is 13.2 Å². The Morgan fingerprint density at radius 2 is 1.96 bits per heavy atom. The van der Waals surface area contributed by atoms with Crippen molar-refractivity contribution in [3.63, 3.8) is 0 Å². The lowest BCUT2D eigenvalue weighted by atomic mass is 10.0. The van der Waals surface area contributed by atoms with Gasteiger partial charge in [-0.15, -0.1) is 0 Å². The van der Waals surface area contributed by atoms with Gasteiger partial charge in [0.2, 0.25) is 5.82 Å². The summed E-state index contributed by atoms with van der Waals surface area (Å²) in [6.45, 7) is 0. The van der Waals surface area contributed by atoms with Crippen LogP contribution < -0.4 is 5.32 Å². The molecule has 1 aromatic carbocycles. The zero-order valence-corrected chi connectivity index (χ0v) is 14.4. The molecule has 0 saturated carbocycles. The number of alkyl halides is 3. The second-order valence-corrected chi connectivity index (χ2v) is 6.02. The second-order valence-electron chi connectivity index (χ2n) is 6.02. The van der Waals surface area contributed by atoms with E-state index in [0.717, 1.165) is 6.07 Å². The Bertz CT molecular complexity index is 1180. The quantitative estimate of drug-likeness (QED) is 0.563. The van der Waals surface area contributed by atoms with Gasteiger partial charge in [0.25, 0.3) is 5.91 Å². The molecule has 0 unspecified atom stereocenters. The number of nitrogens with zero attached hydrogens (tertiary/aromatic N) is 4. The van der Waals surface area contributed by atoms with Crippen molar-refractivity contribution in [3.05, 3.63) is 60.2 Å². The van der Waals surface area contributed by atoms with E-state index in [1.165, 1.54) is 29.2 Å². The lowest BCUT2D eigenvalue weighted by molar-refractivity contribution is -0.137. The van der Waals surface area contributed by atoms with Crippen LogP contribution in [0, 0.1) is 0 Å². The van der Waals surface area contributed by atoms with E-state index in [2.05, 4.69) is 25.4 Å². The minimum atomic E-state index is -4.48. The number of amides is 1. The molecule has 4 rings (SSSR count). The SMILES string of the molecule is Cn1ncnc1C(=O)Nc1ccc2cc(-c3ccccc3C(F)(F)F)[nH]c2n1. The lowest BCUT2D eigenvalue weighted by Crippen LogP contribution is -2.18. The van der Waals surface area contributed by atoms with Gasteiger partial charge in [0, 0.05) is 23.7 Å². The molecule has 0 saturated heterocycles. The molecule has 2 N–H and O–H groups in total. The fourth-order valence-corrected chi connectivity index (χ4v) is 2.86. The number of aromatic nitrogens is 5. The molecule has 3 aromatic heterocycles. The molecule has 1 amide bonds. The van der Waals surface area contributed by atoms with E-state index in [-0.39, 0.29) is 22.9 Å². The first-order valence-corrected chi connectivity index (χ1v) is 8.14. The van der Waals surface area contributed by atoms with Gasteiger partial charge in [0.1, 0.15) is 17.8 Å². The minimum absolute atomic E-state index is 0.0256. The van der Waals surface area contributed by atoms with Crippen LogP contribution in [0.3, 0.4) is 0 Å². The highest BCUT2D eigenvalue weighted by Crippen LogP contribution is 2.37. The van der Waals surface area contributed by atoms with Crippen molar-refractivity contribution in [2.24, 2.45) is 7.05 Å². The number of hydrogen-bond acceptors (Lipinski definition) is 4. The fourth-order valence-electron chi connectivity index (χ4n) is 2.86. The molecule has 0 fully saturated rings. The van der Waals surface area contributed by atoms with Crippen molar-refractivity contribution in [2.45, 2.75) is 6.18 Å². The summed E-state index contributed by atoms with van der Waals surface area (Å²) < 4.78 is 41.1. The molecule has 0 aliphatic heterocycles. The van der Waals surface area contributed by atoms with Crippen molar-refractivity contribution in [1.29, 1.82) is 0 Å². The zero-order valence-electron chi connectivity index (χ0n) is 14.4. The van der Waals surface area contributed by atoms with Gasteiger partial charge in [0.15, 0.2) is 0 Å². The number of carbonyl (C=O) groups excluding carboxylic acids is 1. The van der Waals surface area contributed by atoms with Crippen LogP contribution in [-0.4, -0.2) is 30.6 Å². The molecule has 28 heavy (non-hydrogen) atoms. The minimum Gasteiger partial charge on any atom is -0.339 e. The maximum atomic E-state index is 13.3. The molecule has 0 atom stereocenters. The van der Waals surface area contributed by atoms with Gasteiger partial charge in [-0.25, -0.2) is 14.6 Å². The third kappa shape index (κ3) is 3.20. The molecule has 0 radical (unpaired) electrons. The van der Waals surface area contributed by atoms with Crippen molar-refractivity contribution in [3.8, 4) is 11.3 Å². The first-order valence-electron chi connectivity index (χ1n) is 8.14. The summed E-state index contributed by atoms with van der Waals surface area (Å²) >= 11 is 0. The first kappa shape index (κ1) is 17.7. The Morgan fingerprint density at radius 3 is 2.68 bits per heavy atom. The Kier molecular flexibility index (Phi) is 4.10. The smallest absolute Gasteiger partial charge is 0.339 e. The van der Waals surface area contributed by atoms with Gasteiger partial charge in [-0.2, -0.15) is 18.3 Å². The van der Waals surface area contributed by atoms with Gasteiger partial charge in [-0.1, -0.05) is 18.2 Å². The third-order valence-electron chi connectivity index (χ3n) is 4.16. The number of rotatable bonds is 3. The largest absolute Gasteiger partial charge is 0.417 e. The van der Waals surface area contributed by atoms with Crippen LogP contribution in [0.25, 0.3) is 22.3 Å². The number of H-pyrrole nitrogens is 1. The average molecular weight is 386 g/mol. The maximum Gasteiger partial charge on any atom is 0.417 e. The molecular formula is C18H13F3N6O. The monoisotopic (exact) mass is 386 g/mol. The zero-order chi connectivity index (χ0) is 19.9. The first-order chi connectivity index (χ1) is 13.3. The van der Waals surface area contributed by atoms with Gasteiger partial charge >= 0.3 is 6.18 Å². The van der Waals surface area contributed by atoms with E-state index in [1.807, 2.05) is 0 Å². The molecule has 0 bridgehead atoms. The number of carbonyl (C=O) groups is 1. The average Bonchev–Trinajstić information content (AvgIpc) is 3.26. The number of benzene rings is 1. The Balaban J connectivity index is 1.68. The van der Waals surface area contributed by atoms with Gasteiger partial charge in [-0.05, 0) is 24.3 Å². The molecule has 7 nitrogen and oxygen atoms in total. The van der Waals surface area contributed by atoms with E-state index in [0.29, 0.717) is 11.0 Å².